The Hall–Kier alpha value is -1.26. The fraction of sp³-hybridized carbons (Fsp3) is 0.867. The largest absolute Gasteiger partial charge is 0.481 e. The summed E-state index contributed by atoms with van der Waals surface area (Å²) < 4.78 is 0. The number of carboxylic acid groups (broad SMARTS) is 1. The van der Waals surface area contributed by atoms with Crippen LogP contribution in [-0.2, 0) is 4.79 Å². The summed E-state index contributed by atoms with van der Waals surface area (Å²) in [4.78, 5) is 24.7. The van der Waals surface area contributed by atoms with Crippen LogP contribution in [0.3, 0.4) is 0 Å². The first kappa shape index (κ1) is 16.8. The van der Waals surface area contributed by atoms with Crippen LogP contribution in [0.4, 0.5) is 4.79 Å². The van der Waals surface area contributed by atoms with Crippen LogP contribution >= 0.6 is 0 Å². The van der Waals surface area contributed by atoms with Crippen molar-refractivity contribution in [2.75, 3.05) is 13.1 Å². The molecular formula is C15H28N2O3. The normalized spacial score (nSPS) is 19.8. The van der Waals surface area contributed by atoms with Gasteiger partial charge in [0.2, 0.25) is 0 Å². The Bertz CT molecular complexity index is 318. The lowest BCUT2D eigenvalue weighted by Gasteiger charge is -2.31. The van der Waals surface area contributed by atoms with Crippen molar-refractivity contribution in [3.05, 3.63) is 0 Å². The van der Waals surface area contributed by atoms with Crippen LogP contribution < -0.4 is 5.32 Å². The molecule has 5 nitrogen and oxygen atoms in total. The molecule has 0 saturated carbocycles. The number of urea groups is 1. The van der Waals surface area contributed by atoms with E-state index in [1.54, 1.807) is 0 Å². The van der Waals surface area contributed by atoms with Crippen molar-refractivity contribution < 1.29 is 14.7 Å². The van der Waals surface area contributed by atoms with Gasteiger partial charge in [-0.1, -0.05) is 26.7 Å². The van der Waals surface area contributed by atoms with Gasteiger partial charge in [-0.15, -0.1) is 0 Å². The van der Waals surface area contributed by atoms with Crippen molar-refractivity contribution in [3.8, 4) is 0 Å². The Balaban J connectivity index is 2.45. The molecule has 0 aliphatic carbocycles. The van der Waals surface area contributed by atoms with E-state index >= 15 is 0 Å². The highest BCUT2D eigenvalue weighted by atomic mass is 16.4. The first-order chi connectivity index (χ1) is 9.50. The summed E-state index contributed by atoms with van der Waals surface area (Å²) >= 11 is 0. The predicted molar refractivity (Wildman–Crippen MR) is 78.7 cm³/mol. The Labute approximate surface area is 121 Å². The quantitative estimate of drug-likeness (QED) is 0.737. The summed E-state index contributed by atoms with van der Waals surface area (Å²) in [6, 6.07) is 0.305. The van der Waals surface area contributed by atoms with Crippen LogP contribution in [0.2, 0.25) is 0 Å². The van der Waals surface area contributed by atoms with E-state index in [4.69, 9.17) is 5.11 Å². The van der Waals surface area contributed by atoms with Gasteiger partial charge in [0.05, 0.1) is 0 Å². The first-order valence-electron chi connectivity index (χ1n) is 7.77. The van der Waals surface area contributed by atoms with Gasteiger partial charge >= 0.3 is 12.0 Å². The zero-order chi connectivity index (χ0) is 15.0. The van der Waals surface area contributed by atoms with Crippen LogP contribution in [0.1, 0.15) is 58.8 Å². The van der Waals surface area contributed by atoms with E-state index in [1.807, 2.05) is 4.90 Å². The molecule has 2 N–H and O–H groups in total. The maximum absolute atomic E-state index is 12.3. The van der Waals surface area contributed by atoms with Crippen molar-refractivity contribution in [3.63, 3.8) is 0 Å². The first-order valence-corrected chi connectivity index (χ1v) is 7.77. The molecule has 1 heterocycles. The van der Waals surface area contributed by atoms with E-state index in [0.717, 1.165) is 25.8 Å². The van der Waals surface area contributed by atoms with E-state index in [2.05, 4.69) is 19.2 Å². The van der Waals surface area contributed by atoms with Gasteiger partial charge in [-0.05, 0) is 31.6 Å². The zero-order valence-electron chi connectivity index (χ0n) is 12.7. The topological polar surface area (TPSA) is 69.6 Å². The van der Waals surface area contributed by atoms with E-state index < -0.39 is 5.97 Å². The Morgan fingerprint density at radius 2 is 2.05 bits per heavy atom. The average Bonchev–Trinajstić information content (AvgIpc) is 2.59. The van der Waals surface area contributed by atoms with Crippen LogP contribution in [0, 0.1) is 5.92 Å². The highest BCUT2D eigenvalue weighted by molar-refractivity contribution is 5.74. The van der Waals surface area contributed by atoms with E-state index in [9.17, 15) is 9.59 Å². The molecule has 1 saturated heterocycles. The van der Waals surface area contributed by atoms with Crippen molar-refractivity contribution in [2.45, 2.75) is 64.8 Å². The highest BCUT2D eigenvalue weighted by Gasteiger charge is 2.25. The van der Waals surface area contributed by atoms with Crippen LogP contribution in [0.25, 0.3) is 0 Å². The van der Waals surface area contributed by atoms with Gasteiger partial charge in [-0.25, -0.2) is 4.79 Å². The fourth-order valence-electron chi connectivity index (χ4n) is 2.77. The smallest absolute Gasteiger partial charge is 0.317 e. The monoisotopic (exact) mass is 284 g/mol. The number of carbonyl (C=O) groups excluding carboxylic acids is 1. The van der Waals surface area contributed by atoms with Gasteiger partial charge in [0.25, 0.3) is 0 Å². The fourth-order valence-corrected chi connectivity index (χ4v) is 2.77. The van der Waals surface area contributed by atoms with Crippen LogP contribution in [-0.4, -0.2) is 41.1 Å². The second kappa shape index (κ2) is 8.82. The molecule has 2 amide bonds. The summed E-state index contributed by atoms with van der Waals surface area (Å²) in [7, 11) is 0. The van der Waals surface area contributed by atoms with Crippen LogP contribution in [0.15, 0.2) is 0 Å². The number of aliphatic carboxylic acids is 1. The Kier molecular flexibility index (Phi) is 7.41. The maximum Gasteiger partial charge on any atom is 0.317 e. The Morgan fingerprint density at radius 1 is 1.30 bits per heavy atom. The van der Waals surface area contributed by atoms with Gasteiger partial charge in [0.15, 0.2) is 0 Å². The van der Waals surface area contributed by atoms with Crippen molar-refractivity contribution >= 4 is 12.0 Å². The third-order valence-corrected chi connectivity index (χ3v) is 3.73. The molecule has 0 spiro atoms. The van der Waals surface area contributed by atoms with Crippen LogP contribution in [0.5, 0.6) is 0 Å². The Morgan fingerprint density at radius 3 is 2.70 bits per heavy atom. The number of carboxylic acids is 1. The molecule has 1 aliphatic heterocycles. The molecule has 20 heavy (non-hydrogen) atoms. The van der Waals surface area contributed by atoms with Gasteiger partial charge < -0.3 is 15.3 Å². The SMILES string of the molecule is CC(C)CC1CCCCCN1C(=O)NCCCC(=O)O. The molecule has 1 unspecified atom stereocenters. The number of nitrogens with zero attached hydrogens (tertiary/aromatic N) is 1. The molecule has 1 aliphatic rings. The molecule has 0 aromatic rings. The lowest BCUT2D eigenvalue weighted by Crippen LogP contribution is -2.46. The predicted octanol–water partition coefficient (Wildman–Crippen LogP) is 2.85. The molecule has 116 valence electrons. The third kappa shape index (κ3) is 6.26. The molecule has 0 radical (unpaired) electrons. The highest BCUT2D eigenvalue weighted by Crippen LogP contribution is 2.22. The number of nitrogens with one attached hydrogen (secondary N) is 1. The summed E-state index contributed by atoms with van der Waals surface area (Å²) in [5.74, 6) is -0.230. The number of amides is 2. The molecule has 5 heteroatoms. The molecule has 0 aromatic heterocycles. The minimum atomic E-state index is -0.813. The van der Waals surface area contributed by atoms with E-state index in [0.29, 0.717) is 24.9 Å². The second-order valence-electron chi connectivity index (χ2n) is 6.06. The summed E-state index contributed by atoms with van der Waals surface area (Å²) in [6.45, 7) is 5.64. The number of hydrogen-bond donors (Lipinski definition) is 2. The van der Waals surface area contributed by atoms with Crippen molar-refractivity contribution in [2.24, 2.45) is 5.92 Å². The summed E-state index contributed by atoms with van der Waals surface area (Å²) in [5.41, 5.74) is 0. The van der Waals surface area contributed by atoms with Crippen molar-refractivity contribution in [1.82, 2.24) is 10.2 Å². The van der Waals surface area contributed by atoms with Gasteiger partial charge in [0.1, 0.15) is 0 Å². The average molecular weight is 284 g/mol. The van der Waals surface area contributed by atoms with Gasteiger partial charge in [0, 0.05) is 25.6 Å². The third-order valence-electron chi connectivity index (χ3n) is 3.73. The van der Waals surface area contributed by atoms with E-state index in [1.165, 1.54) is 12.8 Å². The number of carbonyl (C=O) groups is 2. The zero-order valence-corrected chi connectivity index (χ0v) is 12.7. The molecule has 1 fully saturated rings. The van der Waals surface area contributed by atoms with Gasteiger partial charge in [-0.2, -0.15) is 0 Å². The lowest BCUT2D eigenvalue weighted by atomic mass is 9.99. The minimum Gasteiger partial charge on any atom is -0.481 e. The number of likely N-dealkylation sites (tertiary alicyclic amines) is 1. The van der Waals surface area contributed by atoms with Crippen molar-refractivity contribution in [1.29, 1.82) is 0 Å². The molecule has 1 atom stereocenters. The molecule has 0 aromatic carbocycles. The number of hydrogen-bond acceptors (Lipinski definition) is 2. The standard InChI is InChI=1S/C15H28N2O3/c1-12(2)11-13-7-4-3-5-10-17(13)15(20)16-9-6-8-14(18)19/h12-13H,3-11H2,1-2H3,(H,16,20)(H,18,19). The summed E-state index contributed by atoms with van der Waals surface area (Å²) in [6.07, 6.45) is 6.18. The van der Waals surface area contributed by atoms with E-state index in [-0.39, 0.29) is 12.5 Å². The molecular weight excluding hydrogens is 256 g/mol. The minimum absolute atomic E-state index is 0.0251. The second-order valence-corrected chi connectivity index (χ2v) is 6.06. The van der Waals surface area contributed by atoms with Gasteiger partial charge in [-0.3, -0.25) is 4.79 Å². The molecule has 1 rings (SSSR count). The number of rotatable bonds is 6. The summed E-state index contributed by atoms with van der Waals surface area (Å²) in [5, 5.41) is 11.4. The maximum atomic E-state index is 12.3. The lowest BCUT2D eigenvalue weighted by molar-refractivity contribution is -0.137. The molecule has 0 bridgehead atoms.